The number of benzene rings is 3. The first kappa shape index (κ1) is 28.1. The summed E-state index contributed by atoms with van der Waals surface area (Å²) in [6.45, 7) is 1.17. The molecule has 5 rings (SSSR count). The Kier molecular flexibility index (Phi) is 8.21. The minimum Gasteiger partial charge on any atom is -0.496 e. The molecule has 0 radical (unpaired) electrons. The van der Waals surface area contributed by atoms with E-state index in [0.717, 1.165) is 26.4 Å². The summed E-state index contributed by atoms with van der Waals surface area (Å²) in [7, 11) is 2.55. The van der Waals surface area contributed by atoms with Gasteiger partial charge in [-0.25, -0.2) is 4.79 Å². The third-order valence-corrected chi connectivity index (χ3v) is 7.80. The van der Waals surface area contributed by atoms with Gasteiger partial charge in [0.05, 0.1) is 30.9 Å². The highest BCUT2D eigenvalue weighted by Crippen LogP contribution is 2.33. The van der Waals surface area contributed by atoms with Crippen molar-refractivity contribution in [3.63, 3.8) is 0 Å². The monoisotopic (exact) mass is 572 g/mol. The number of ketones is 1. The number of fused-ring (bicyclic) bond motifs is 1. The predicted octanol–water partition coefficient (Wildman–Crippen LogP) is 5.44. The number of esters is 1. The van der Waals surface area contributed by atoms with Crippen LogP contribution in [0, 0.1) is 5.92 Å². The molecule has 210 valence electrons. The lowest BCUT2D eigenvalue weighted by Gasteiger charge is -2.32. The largest absolute Gasteiger partial charge is 0.496 e. The molecule has 0 spiro atoms. The van der Waals surface area contributed by atoms with E-state index in [1.165, 1.54) is 29.5 Å². The fourth-order valence-electron chi connectivity index (χ4n) is 5.33. The molecule has 9 heteroatoms. The van der Waals surface area contributed by atoms with Crippen LogP contribution in [-0.2, 0) is 16.0 Å². The molecule has 0 atom stereocenters. The van der Waals surface area contributed by atoms with Crippen molar-refractivity contribution in [1.82, 2.24) is 9.47 Å². The number of carbonyl (C=O) groups excluding carboxylic acids is 4. The number of nitrogens with zero attached hydrogens (tertiary/aromatic N) is 2. The van der Waals surface area contributed by atoms with E-state index in [2.05, 4.69) is 16.9 Å². The number of hydrogen-bond acceptors (Lipinski definition) is 6. The van der Waals surface area contributed by atoms with Crippen molar-refractivity contribution < 1.29 is 28.7 Å². The van der Waals surface area contributed by atoms with Gasteiger partial charge in [0, 0.05) is 41.3 Å². The van der Waals surface area contributed by atoms with Crippen LogP contribution >= 0.6 is 11.6 Å². The molecule has 0 saturated carbocycles. The molecule has 0 N–H and O–H groups in total. The van der Waals surface area contributed by atoms with E-state index in [1.54, 1.807) is 35.2 Å². The Balaban J connectivity index is 1.49. The van der Waals surface area contributed by atoms with E-state index >= 15 is 0 Å². The first-order chi connectivity index (χ1) is 19.8. The van der Waals surface area contributed by atoms with Crippen LogP contribution in [0.4, 0.5) is 0 Å². The van der Waals surface area contributed by atoms with Crippen LogP contribution in [0.1, 0.15) is 49.5 Å². The number of methoxy groups -OCH3 is 2. The summed E-state index contributed by atoms with van der Waals surface area (Å²) in [6, 6.07) is 19.7. The number of aromatic nitrogens is 1. The van der Waals surface area contributed by atoms with E-state index in [1.807, 2.05) is 18.2 Å². The molecule has 1 amide bonds. The quantitative estimate of drug-likeness (QED) is 0.166. The number of hydrogen-bond donors (Lipinski definition) is 0. The van der Waals surface area contributed by atoms with Crippen molar-refractivity contribution in [2.45, 2.75) is 19.3 Å². The number of Topliss-reactive ketones (excluding diaryl/α,β-unsaturated/α-hetero) is 1. The molecule has 1 saturated heterocycles. The summed E-state index contributed by atoms with van der Waals surface area (Å²) in [5.41, 5.74) is 2.11. The zero-order chi connectivity index (χ0) is 29.1. The number of rotatable bonds is 7. The number of ether oxygens (including phenoxy) is 2. The summed E-state index contributed by atoms with van der Waals surface area (Å²) in [6.07, 6.45) is 3.99. The topological polar surface area (TPSA) is 94.9 Å². The molecule has 1 fully saturated rings. The molecule has 1 aromatic heterocycles. The summed E-state index contributed by atoms with van der Waals surface area (Å²) in [5, 5.41) is 0.736. The van der Waals surface area contributed by atoms with Crippen LogP contribution < -0.4 is 4.74 Å². The number of carbonyl (C=O) groups is 4. The van der Waals surface area contributed by atoms with Crippen molar-refractivity contribution in [2.24, 2.45) is 5.92 Å². The lowest BCUT2D eigenvalue weighted by Crippen LogP contribution is -2.39. The molecule has 0 bridgehead atoms. The molecule has 41 heavy (non-hydrogen) atoms. The zero-order valence-electron chi connectivity index (χ0n) is 22.8. The Labute approximate surface area is 242 Å². The molecule has 4 aromatic rings. The highest BCUT2D eigenvalue weighted by molar-refractivity contribution is 6.43. The van der Waals surface area contributed by atoms with Crippen LogP contribution in [0.5, 0.6) is 5.75 Å². The van der Waals surface area contributed by atoms with Crippen molar-refractivity contribution >= 4 is 46.1 Å². The normalized spacial score (nSPS) is 13.7. The first-order valence-electron chi connectivity index (χ1n) is 13.3. The zero-order valence-corrected chi connectivity index (χ0v) is 23.5. The Morgan fingerprint density at radius 1 is 0.878 bits per heavy atom. The van der Waals surface area contributed by atoms with Gasteiger partial charge in [0.25, 0.3) is 17.6 Å². The van der Waals surface area contributed by atoms with Crippen molar-refractivity contribution in [1.29, 1.82) is 0 Å². The second-order valence-corrected chi connectivity index (χ2v) is 10.5. The van der Waals surface area contributed by atoms with E-state index in [4.69, 9.17) is 16.3 Å². The fraction of sp³-hybridized carbons (Fsp3) is 0.250. The van der Waals surface area contributed by atoms with Crippen LogP contribution in [0.3, 0.4) is 0 Å². The maximum atomic E-state index is 13.7. The van der Waals surface area contributed by atoms with Gasteiger partial charge in [-0.2, -0.15) is 0 Å². The first-order valence-corrected chi connectivity index (χ1v) is 13.7. The second kappa shape index (κ2) is 12.0. The number of likely N-dealkylation sites (tertiary alicyclic amines) is 1. The van der Waals surface area contributed by atoms with Gasteiger partial charge >= 0.3 is 5.97 Å². The van der Waals surface area contributed by atoms with E-state index in [-0.39, 0.29) is 28.2 Å². The van der Waals surface area contributed by atoms with Gasteiger partial charge < -0.3 is 14.4 Å². The molecule has 0 aliphatic carbocycles. The van der Waals surface area contributed by atoms with E-state index < -0.39 is 17.7 Å². The average molecular weight is 573 g/mol. The van der Waals surface area contributed by atoms with Gasteiger partial charge in [-0.05, 0) is 61.1 Å². The van der Waals surface area contributed by atoms with Gasteiger partial charge in [-0.15, -0.1) is 0 Å². The Morgan fingerprint density at radius 2 is 1.56 bits per heavy atom. The van der Waals surface area contributed by atoms with Crippen LogP contribution in [0.2, 0.25) is 5.02 Å². The maximum absolute atomic E-state index is 13.7. The molecular weight excluding hydrogens is 544 g/mol. The molecule has 1 aliphatic heterocycles. The van der Waals surface area contributed by atoms with E-state index in [9.17, 15) is 19.2 Å². The summed E-state index contributed by atoms with van der Waals surface area (Å²) < 4.78 is 11.5. The highest BCUT2D eigenvalue weighted by atomic mass is 35.5. The Morgan fingerprint density at radius 3 is 2.20 bits per heavy atom. The number of halogens is 1. The van der Waals surface area contributed by atoms with Crippen molar-refractivity contribution in [2.75, 3.05) is 27.3 Å². The lowest BCUT2D eigenvalue weighted by atomic mass is 9.90. The lowest BCUT2D eigenvalue weighted by molar-refractivity contribution is -0.135. The molecule has 1 aliphatic rings. The standard InChI is InChI=1S/C32H29ClN2O6/c1-40-28-18-27-24(17-25(28)31(38)34-14-12-21(13-15-34)16-20-6-4-3-5-7-20)26(29(36)32(39)41-2)19-35(27)30(37)22-8-10-23(33)11-9-22/h3-11,17-19,21H,12-16H2,1-2H3. The van der Waals surface area contributed by atoms with Crippen LogP contribution in [0.15, 0.2) is 72.9 Å². The minimum atomic E-state index is -1.08. The average Bonchev–Trinajstić information content (AvgIpc) is 3.38. The third-order valence-electron chi connectivity index (χ3n) is 7.55. The van der Waals surface area contributed by atoms with Crippen molar-refractivity contribution in [3.05, 3.63) is 100 Å². The van der Waals surface area contributed by atoms with Gasteiger partial charge in [-0.1, -0.05) is 41.9 Å². The fourth-order valence-corrected chi connectivity index (χ4v) is 5.46. The van der Waals surface area contributed by atoms with Gasteiger partial charge in [0.2, 0.25) is 0 Å². The third kappa shape index (κ3) is 5.74. The van der Waals surface area contributed by atoms with Crippen LogP contribution in [-0.4, -0.2) is 60.3 Å². The molecular formula is C32H29ClN2O6. The molecule has 2 heterocycles. The predicted molar refractivity (Wildman–Crippen MR) is 155 cm³/mol. The van der Waals surface area contributed by atoms with E-state index in [0.29, 0.717) is 35.1 Å². The van der Waals surface area contributed by atoms with Gasteiger partial charge in [0.1, 0.15) is 5.75 Å². The Hall–Kier alpha value is -4.43. The second-order valence-electron chi connectivity index (χ2n) is 10.0. The smallest absolute Gasteiger partial charge is 0.379 e. The maximum Gasteiger partial charge on any atom is 0.379 e. The van der Waals surface area contributed by atoms with Crippen LogP contribution in [0.25, 0.3) is 10.9 Å². The minimum absolute atomic E-state index is 0.0487. The molecule has 3 aromatic carbocycles. The summed E-state index contributed by atoms with van der Waals surface area (Å²) in [5.74, 6) is -1.96. The number of amides is 1. The Bertz CT molecular complexity index is 1620. The summed E-state index contributed by atoms with van der Waals surface area (Å²) >= 11 is 5.98. The highest BCUT2D eigenvalue weighted by Gasteiger charge is 2.30. The number of piperidine rings is 1. The van der Waals surface area contributed by atoms with Gasteiger partial charge in [-0.3, -0.25) is 19.0 Å². The molecule has 0 unspecified atom stereocenters. The molecule has 8 nitrogen and oxygen atoms in total. The SMILES string of the molecule is COC(=O)C(=O)c1cn(C(=O)c2ccc(Cl)cc2)c2cc(OC)c(C(=O)N3CCC(Cc4ccccc4)CC3)cc12. The van der Waals surface area contributed by atoms with Crippen molar-refractivity contribution in [3.8, 4) is 5.75 Å². The van der Waals surface area contributed by atoms with Gasteiger partial charge in [0.15, 0.2) is 0 Å². The summed E-state index contributed by atoms with van der Waals surface area (Å²) in [4.78, 5) is 54.2.